The lowest BCUT2D eigenvalue weighted by Crippen LogP contribution is -2.30. The van der Waals surface area contributed by atoms with E-state index in [2.05, 4.69) is 6.92 Å². The Morgan fingerprint density at radius 2 is 1.94 bits per heavy atom. The number of hydrogen-bond acceptors (Lipinski definition) is 2. The molecule has 0 radical (unpaired) electrons. The van der Waals surface area contributed by atoms with Crippen LogP contribution < -0.4 is 0 Å². The predicted molar refractivity (Wildman–Crippen MR) is 67.7 cm³/mol. The fourth-order valence-corrected chi connectivity index (χ4v) is 2.70. The first kappa shape index (κ1) is 10.8. The third-order valence-corrected chi connectivity index (χ3v) is 3.99. The second-order valence-electron chi connectivity index (χ2n) is 5.36. The number of furan rings is 1. The lowest BCUT2D eigenvalue weighted by molar-refractivity contribution is -0.0289. The smallest absolute Gasteiger partial charge is 0.136 e. The van der Waals surface area contributed by atoms with Gasteiger partial charge in [0.25, 0.3) is 0 Å². The molecule has 0 bridgehead atoms. The van der Waals surface area contributed by atoms with Gasteiger partial charge in [0.15, 0.2) is 0 Å². The number of para-hydroxylation sites is 1. The van der Waals surface area contributed by atoms with E-state index < -0.39 is 5.60 Å². The van der Waals surface area contributed by atoms with Crippen molar-refractivity contribution in [2.45, 2.75) is 38.2 Å². The number of benzene rings is 1. The van der Waals surface area contributed by atoms with Gasteiger partial charge in [-0.25, -0.2) is 0 Å². The van der Waals surface area contributed by atoms with Gasteiger partial charge in [-0.05, 0) is 43.7 Å². The van der Waals surface area contributed by atoms with E-state index in [-0.39, 0.29) is 0 Å². The molecule has 1 saturated carbocycles. The molecular weight excluding hydrogens is 212 g/mol. The van der Waals surface area contributed by atoms with Gasteiger partial charge in [0.1, 0.15) is 16.9 Å². The van der Waals surface area contributed by atoms with E-state index in [1.54, 1.807) is 0 Å². The molecule has 1 aromatic heterocycles. The zero-order valence-electron chi connectivity index (χ0n) is 10.1. The van der Waals surface area contributed by atoms with Crippen LogP contribution in [0.25, 0.3) is 11.0 Å². The van der Waals surface area contributed by atoms with E-state index >= 15 is 0 Å². The molecule has 90 valence electrons. The average Bonchev–Trinajstić information content (AvgIpc) is 2.77. The Kier molecular flexibility index (Phi) is 2.48. The summed E-state index contributed by atoms with van der Waals surface area (Å²) in [6, 6.07) is 9.92. The monoisotopic (exact) mass is 230 g/mol. The molecule has 1 N–H and O–H groups in total. The van der Waals surface area contributed by atoms with Crippen molar-refractivity contribution in [2.75, 3.05) is 0 Å². The third-order valence-electron chi connectivity index (χ3n) is 3.99. The van der Waals surface area contributed by atoms with E-state index in [0.29, 0.717) is 0 Å². The van der Waals surface area contributed by atoms with Crippen molar-refractivity contribution in [1.29, 1.82) is 0 Å². The Bertz CT molecular complexity index is 485. The highest BCUT2D eigenvalue weighted by molar-refractivity contribution is 5.77. The predicted octanol–water partition coefficient (Wildman–Crippen LogP) is 3.83. The molecule has 1 aromatic carbocycles. The number of hydrogen-bond donors (Lipinski definition) is 1. The molecule has 3 rings (SSSR count). The van der Waals surface area contributed by atoms with Crippen LogP contribution in [0.15, 0.2) is 34.7 Å². The summed E-state index contributed by atoms with van der Waals surface area (Å²) in [4.78, 5) is 0. The molecule has 0 spiro atoms. The van der Waals surface area contributed by atoms with E-state index in [4.69, 9.17) is 4.42 Å². The summed E-state index contributed by atoms with van der Waals surface area (Å²) in [7, 11) is 0. The molecule has 0 saturated heterocycles. The minimum atomic E-state index is -0.745. The highest BCUT2D eigenvalue weighted by Crippen LogP contribution is 2.41. The molecule has 1 fully saturated rings. The zero-order chi connectivity index (χ0) is 11.9. The van der Waals surface area contributed by atoms with Crippen molar-refractivity contribution in [1.82, 2.24) is 0 Å². The summed E-state index contributed by atoms with van der Waals surface area (Å²) in [5.74, 6) is 1.46. The third kappa shape index (κ3) is 1.87. The Morgan fingerprint density at radius 1 is 1.24 bits per heavy atom. The van der Waals surface area contributed by atoms with E-state index in [0.717, 1.165) is 48.3 Å². The van der Waals surface area contributed by atoms with Crippen molar-refractivity contribution >= 4 is 11.0 Å². The van der Waals surface area contributed by atoms with Gasteiger partial charge < -0.3 is 9.52 Å². The van der Waals surface area contributed by atoms with Gasteiger partial charge in [0, 0.05) is 5.39 Å². The van der Waals surface area contributed by atoms with E-state index in [1.165, 1.54) is 0 Å². The summed E-state index contributed by atoms with van der Waals surface area (Å²) in [5.41, 5.74) is 0.125. The molecule has 1 aliphatic carbocycles. The zero-order valence-corrected chi connectivity index (χ0v) is 10.1. The van der Waals surface area contributed by atoms with Gasteiger partial charge in [-0.3, -0.25) is 0 Å². The van der Waals surface area contributed by atoms with Gasteiger partial charge in [-0.2, -0.15) is 0 Å². The van der Waals surface area contributed by atoms with Crippen LogP contribution in [0.4, 0.5) is 0 Å². The Balaban J connectivity index is 1.97. The highest BCUT2D eigenvalue weighted by Gasteiger charge is 2.36. The number of fused-ring (bicyclic) bond motifs is 1. The SMILES string of the molecule is CC1CCC(O)(c2cc3ccccc3o2)CC1. The molecular formula is C15H18O2. The molecule has 0 unspecified atom stereocenters. The van der Waals surface area contributed by atoms with Crippen molar-refractivity contribution in [3.63, 3.8) is 0 Å². The topological polar surface area (TPSA) is 33.4 Å². The fourth-order valence-electron chi connectivity index (χ4n) is 2.70. The van der Waals surface area contributed by atoms with Crippen LogP contribution in [0.1, 0.15) is 38.4 Å². The normalized spacial score (nSPS) is 29.6. The van der Waals surface area contributed by atoms with Gasteiger partial charge in [-0.1, -0.05) is 25.1 Å². The first-order valence-corrected chi connectivity index (χ1v) is 6.39. The fraction of sp³-hybridized carbons (Fsp3) is 0.467. The Morgan fingerprint density at radius 3 is 2.65 bits per heavy atom. The van der Waals surface area contributed by atoms with Crippen molar-refractivity contribution in [3.05, 3.63) is 36.1 Å². The average molecular weight is 230 g/mol. The van der Waals surface area contributed by atoms with Gasteiger partial charge in [-0.15, -0.1) is 0 Å². The number of rotatable bonds is 1. The maximum absolute atomic E-state index is 10.7. The summed E-state index contributed by atoms with van der Waals surface area (Å²) in [6.07, 6.45) is 3.78. The molecule has 2 aromatic rings. The van der Waals surface area contributed by atoms with Crippen LogP contribution in [-0.2, 0) is 5.60 Å². The molecule has 1 heterocycles. The second kappa shape index (κ2) is 3.88. The first-order valence-electron chi connectivity index (χ1n) is 6.39. The summed E-state index contributed by atoms with van der Waals surface area (Å²) in [5, 5.41) is 11.7. The van der Waals surface area contributed by atoms with Crippen LogP contribution in [0.3, 0.4) is 0 Å². The summed E-state index contributed by atoms with van der Waals surface area (Å²) < 4.78 is 5.80. The second-order valence-corrected chi connectivity index (χ2v) is 5.36. The lowest BCUT2D eigenvalue weighted by Gasteiger charge is -2.33. The van der Waals surface area contributed by atoms with Crippen LogP contribution in [0.2, 0.25) is 0 Å². The molecule has 2 nitrogen and oxygen atoms in total. The van der Waals surface area contributed by atoms with Crippen LogP contribution in [-0.4, -0.2) is 5.11 Å². The molecule has 0 atom stereocenters. The quantitative estimate of drug-likeness (QED) is 0.807. The van der Waals surface area contributed by atoms with E-state index in [9.17, 15) is 5.11 Å². The Hall–Kier alpha value is -1.28. The van der Waals surface area contributed by atoms with Gasteiger partial charge in [0.2, 0.25) is 0 Å². The van der Waals surface area contributed by atoms with Crippen molar-refractivity contribution in [3.8, 4) is 0 Å². The van der Waals surface area contributed by atoms with Crippen molar-refractivity contribution < 1.29 is 9.52 Å². The van der Waals surface area contributed by atoms with Crippen LogP contribution in [0.5, 0.6) is 0 Å². The summed E-state index contributed by atoms with van der Waals surface area (Å²) in [6.45, 7) is 2.25. The van der Waals surface area contributed by atoms with Gasteiger partial charge in [0.05, 0.1) is 0 Å². The number of aliphatic hydroxyl groups is 1. The molecule has 0 aliphatic heterocycles. The maximum Gasteiger partial charge on any atom is 0.136 e. The standard InChI is InChI=1S/C15H18O2/c1-11-6-8-15(16,9-7-11)14-10-12-4-2-3-5-13(12)17-14/h2-5,10-11,16H,6-9H2,1H3. The highest BCUT2D eigenvalue weighted by atomic mass is 16.4. The maximum atomic E-state index is 10.7. The largest absolute Gasteiger partial charge is 0.458 e. The Labute approximate surface area is 101 Å². The molecule has 2 heteroatoms. The van der Waals surface area contributed by atoms with Crippen LogP contribution >= 0.6 is 0 Å². The van der Waals surface area contributed by atoms with E-state index in [1.807, 2.05) is 30.3 Å². The molecule has 17 heavy (non-hydrogen) atoms. The molecule has 1 aliphatic rings. The summed E-state index contributed by atoms with van der Waals surface area (Å²) >= 11 is 0. The first-order chi connectivity index (χ1) is 8.17. The lowest BCUT2D eigenvalue weighted by atomic mass is 9.78. The minimum Gasteiger partial charge on any atom is -0.458 e. The van der Waals surface area contributed by atoms with Crippen LogP contribution in [0, 0.1) is 5.92 Å². The van der Waals surface area contributed by atoms with Gasteiger partial charge >= 0.3 is 0 Å². The molecule has 0 amide bonds. The minimum absolute atomic E-state index is 0.722. The van der Waals surface area contributed by atoms with Crippen molar-refractivity contribution in [2.24, 2.45) is 5.92 Å².